The summed E-state index contributed by atoms with van der Waals surface area (Å²) in [6, 6.07) is 0. The molecule has 1 heteroatoms. The zero-order valence-corrected chi connectivity index (χ0v) is 8.64. The summed E-state index contributed by atoms with van der Waals surface area (Å²) < 4.78 is 0. The highest BCUT2D eigenvalue weighted by molar-refractivity contribution is 4.78. The van der Waals surface area contributed by atoms with Crippen LogP contribution in [0.1, 0.15) is 46.5 Å². The molecule has 1 atom stereocenters. The van der Waals surface area contributed by atoms with Gasteiger partial charge in [0.15, 0.2) is 0 Å². The van der Waals surface area contributed by atoms with Gasteiger partial charge in [-0.15, -0.1) is 6.58 Å². The fourth-order valence-electron chi connectivity index (χ4n) is 1.66. The van der Waals surface area contributed by atoms with Gasteiger partial charge in [0.05, 0.1) is 6.10 Å². The van der Waals surface area contributed by atoms with Gasteiger partial charge in [-0.05, 0) is 31.6 Å². The third-order valence-corrected chi connectivity index (χ3v) is 2.18. The van der Waals surface area contributed by atoms with Crippen LogP contribution in [0.5, 0.6) is 0 Å². The Morgan fingerprint density at radius 1 is 1.50 bits per heavy atom. The lowest BCUT2D eigenvalue weighted by Gasteiger charge is -2.32. The summed E-state index contributed by atoms with van der Waals surface area (Å²) in [5.74, 6) is 0. The van der Waals surface area contributed by atoms with Gasteiger partial charge in [-0.2, -0.15) is 0 Å². The van der Waals surface area contributed by atoms with Crippen molar-refractivity contribution in [2.45, 2.75) is 52.6 Å². The molecule has 72 valence electrons. The largest absolute Gasteiger partial charge is 0.393 e. The molecule has 0 aliphatic heterocycles. The van der Waals surface area contributed by atoms with Crippen molar-refractivity contribution in [1.29, 1.82) is 0 Å². The van der Waals surface area contributed by atoms with E-state index in [0.29, 0.717) is 5.41 Å². The topological polar surface area (TPSA) is 20.2 Å². The van der Waals surface area contributed by atoms with Crippen molar-refractivity contribution in [3.63, 3.8) is 0 Å². The van der Waals surface area contributed by atoms with Crippen molar-refractivity contribution in [3.05, 3.63) is 12.7 Å². The number of aliphatic hydroxyl groups is 1. The average Bonchev–Trinajstić information content (AvgIpc) is 1.85. The highest BCUT2D eigenvalue weighted by atomic mass is 16.3. The first-order valence-electron chi connectivity index (χ1n) is 4.77. The second-order valence-electron chi connectivity index (χ2n) is 4.32. The van der Waals surface area contributed by atoms with E-state index in [-0.39, 0.29) is 6.10 Å². The predicted octanol–water partition coefficient (Wildman–Crippen LogP) is 3.14. The first kappa shape index (κ1) is 11.7. The lowest BCUT2D eigenvalue weighted by molar-refractivity contribution is 0.0663. The van der Waals surface area contributed by atoms with E-state index >= 15 is 0 Å². The zero-order valence-electron chi connectivity index (χ0n) is 8.64. The third kappa shape index (κ3) is 5.36. The van der Waals surface area contributed by atoms with Gasteiger partial charge in [-0.3, -0.25) is 0 Å². The van der Waals surface area contributed by atoms with E-state index in [1.165, 1.54) is 12.8 Å². The molecule has 0 bridgehead atoms. The van der Waals surface area contributed by atoms with Crippen LogP contribution in [0, 0.1) is 5.41 Å². The summed E-state index contributed by atoms with van der Waals surface area (Å²) >= 11 is 0. The molecule has 0 aromatic rings. The molecule has 0 aromatic heterocycles. The van der Waals surface area contributed by atoms with Gasteiger partial charge in [-0.25, -0.2) is 0 Å². The molecule has 1 N–H and O–H groups in total. The maximum absolute atomic E-state index is 9.24. The molecule has 12 heavy (non-hydrogen) atoms. The van der Waals surface area contributed by atoms with Crippen LogP contribution in [0.2, 0.25) is 0 Å². The SMILES string of the molecule is C=CC.CC1(C)CCCC(O)C1. The van der Waals surface area contributed by atoms with Crippen LogP contribution < -0.4 is 0 Å². The van der Waals surface area contributed by atoms with E-state index in [0.717, 1.165) is 12.8 Å². The molecule has 1 fully saturated rings. The van der Waals surface area contributed by atoms with Gasteiger partial charge < -0.3 is 5.11 Å². The normalized spacial score (nSPS) is 26.8. The Kier molecular flexibility index (Phi) is 5.23. The molecular formula is C11H22O. The van der Waals surface area contributed by atoms with Crippen molar-refractivity contribution < 1.29 is 5.11 Å². The van der Waals surface area contributed by atoms with Gasteiger partial charge in [0.1, 0.15) is 0 Å². The van der Waals surface area contributed by atoms with Crippen molar-refractivity contribution in [3.8, 4) is 0 Å². The maximum Gasteiger partial charge on any atom is 0.0545 e. The van der Waals surface area contributed by atoms with Crippen molar-refractivity contribution in [1.82, 2.24) is 0 Å². The van der Waals surface area contributed by atoms with E-state index in [1.807, 2.05) is 6.92 Å². The molecule has 1 saturated carbocycles. The van der Waals surface area contributed by atoms with Gasteiger partial charge in [-0.1, -0.05) is 26.3 Å². The standard InChI is InChI=1S/C8H16O.C3H6/c1-8(2)5-3-4-7(9)6-8;1-3-2/h7,9H,3-6H2,1-2H3;3H,1H2,2H3. The van der Waals surface area contributed by atoms with Crippen LogP contribution in [0.4, 0.5) is 0 Å². The Labute approximate surface area is 76.5 Å². The minimum absolute atomic E-state index is 0.0197. The fourth-order valence-corrected chi connectivity index (χ4v) is 1.66. The van der Waals surface area contributed by atoms with Crippen LogP contribution in [0.25, 0.3) is 0 Å². The summed E-state index contributed by atoms with van der Waals surface area (Å²) in [4.78, 5) is 0. The molecule has 0 radical (unpaired) electrons. The number of hydrogen-bond donors (Lipinski definition) is 1. The Morgan fingerprint density at radius 2 is 2.00 bits per heavy atom. The van der Waals surface area contributed by atoms with Gasteiger partial charge in [0, 0.05) is 0 Å². The Balaban J connectivity index is 0.000000354. The molecule has 1 rings (SSSR count). The molecule has 0 amide bonds. The first-order valence-corrected chi connectivity index (χ1v) is 4.77. The lowest BCUT2D eigenvalue weighted by atomic mass is 9.76. The maximum atomic E-state index is 9.24. The fraction of sp³-hybridized carbons (Fsp3) is 0.818. The minimum Gasteiger partial charge on any atom is -0.393 e. The highest BCUT2D eigenvalue weighted by Crippen LogP contribution is 2.34. The van der Waals surface area contributed by atoms with E-state index in [1.54, 1.807) is 6.08 Å². The molecule has 0 heterocycles. The Bertz CT molecular complexity index is 127. The second-order valence-corrected chi connectivity index (χ2v) is 4.32. The third-order valence-electron chi connectivity index (χ3n) is 2.18. The van der Waals surface area contributed by atoms with Crippen LogP contribution in [0.15, 0.2) is 12.7 Å². The molecular weight excluding hydrogens is 148 g/mol. The van der Waals surface area contributed by atoms with E-state index < -0.39 is 0 Å². The van der Waals surface area contributed by atoms with Crippen molar-refractivity contribution in [2.75, 3.05) is 0 Å². The lowest BCUT2D eigenvalue weighted by Crippen LogP contribution is -2.25. The van der Waals surface area contributed by atoms with Crippen molar-refractivity contribution >= 4 is 0 Å². The zero-order chi connectivity index (χ0) is 9.61. The summed E-state index contributed by atoms with van der Waals surface area (Å²) in [5, 5.41) is 9.24. The molecule has 1 aliphatic rings. The number of hydrogen-bond acceptors (Lipinski definition) is 1. The molecule has 0 aromatic carbocycles. The monoisotopic (exact) mass is 170 g/mol. The van der Waals surface area contributed by atoms with Crippen LogP contribution >= 0.6 is 0 Å². The van der Waals surface area contributed by atoms with Crippen LogP contribution in [-0.4, -0.2) is 11.2 Å². The van der Waals surface area contributed by atoms with Gasteiger partial charge >= 0.3 is 0 Å². The van der Waals surface area contributed by atoms with Gasteiger partial charge in [0.25, 0.3) is 0 Å². The smallest absolute Gasteiger partial charge is 0.0545 e. The van der Waals surface area contributed by atoms with E-state index in [9.17, 15) is 5.11 Å². The Morgan fingerprint density at radius 3 is 2.25 bits per heavy atom. The summed E-state index contributed by atoms with van der Waals surface area (Å²) in [7, 11) is 0. The number of aliphatic hydroxyl groups excluding tert-OH is 1. The van der Waals surface area contributed by atoms with E-state index in [2.05, 4.69) is 20.4 Å². The predicted molar refractivity (Wildman–Crippen MR) is 54.1 cm³/mol. The number of allylic oxidation sites excluding steroid dienone is 1. The van der Waals surface area contributed by atoms with Crippen LogP contribution in [0.3, 0.4) is 0 Å². The molecule has 1 unspecified atom stereocenters. The molecule has 0 saturated heterocycles. The van der Waals surface area contributed by atoms with Gasteiger partial charge in [0.2, 0.25) is 0 Å². The molecule has 1 aliphatic carbocycles. The van der Waals surface area contributed by atoms with E-state index in [4.69, 9.17) is 0 Å². The molecule has 1 nitrogen and oxygen atoms in total. The quantitative estimate of drug-likeness (QED) is 0.554. The summed E-state index contributed by atoms with van der Waals surface area (Å²) in [5.41, 5.74) is 0.400. The second kappa shape index (κ2) is 5.36. The summed E-state index contributed by atoms with van der Waals surface area (Å²) in [6.07, 6.45) is 6.23. The highest BCUT2D eigenvalue weighted by Gasteiger charge is 2.26. The first-order chi connectivity index (χ1) is 5.52. The van der Waals surface area contributed by atoms with Crippen LogP contribution in [-0.2, 0) is 0 Å². The average molecular weight is 170 g/mol. The number of rotatable bonds is 0. The molecule has 0 spiro atoms. The minimum atomic E-state index is -0.0197. The van der Waals surface area contributed by atoms with Crippen molar-refractivity contribution in [2.24, 2.45) is 5.41 Å². The Hall–Kier alpha value is -0.300. The summed E-state index contributed by atoms with van der Waals surface area (Å²) in [6.45, 7) is 9.71.